The van der Waals surface area contributed by atoms with Crippen molar-refractivity contribution in [2.45, 2.75) is 25.7 Å². The third kappa shape index (κ3) is 3.45. The van der Waals surface area contributed by atoms with Crippen molar-refractivity contribution in [3.05, 3.63) is 66.4 Å². The lowest BCUT2D eigenvalue weighted by Crippen LogP contribution is -2.33. The number of likely N-dealkylation sites (tertiary alicyclic amines) is 1. The number of rotatable bonds is 3. The van der Waals surface area contributed by atoms with Crippen LogP contribution in [0, 0.1) is 0 Å². The molecule has 3 heterocycles. The number of oxime groups is 1. The highest BCUT2D eigenvalue weighted by Gasteiger charge is 2.21. The van der Waals surface area contributed by atoms with E-state index in [1.807, 2.05) is 54.6 Å². The maximum absolute atomic E-state index is 9.80. The minimum atomic E-state index is 0.418. The molecular formula is C24H23N3O3. The minimum absolute atomic E-state index is 0.418. The summed E-state index contributed by atoms with van der Waals surface area (Å²) in [7, 11) is 0. The zero-order chi connectivity index (χ0) is 20.3. The topological polar surface area (TPSA) is 71.1 Å². The first-order chi connectivity index (χ1) is 14.8. The quantitative estimate of drug-likeness (QED) is 0.204. The van der Waals surface area contributed by atoms with Crippen molar-refractivity contribution < 1.29 is 14.4 Å². The Morgan fingerprint density at radius 1 is 0.933 bits per heavy atom. The molecule has 0 radical (unpaired) electrons. The number of aromatic nitrogens is 1. The maximum Gasteiger partial charge on any atom is 0.230 e. The summed E-state index contributed by atoms with van der Waals surface area (Å²) >= 11 is 0. The first-order valence-electron chi connectivity index (χ1n) is 10.3. The number of nitrogens with zero attached hydrogens (tertiary/aromatic N) is 3. The van der Waals surface area contributed by atoms with E-state index in [0.717, 1.165) is 47.9 Å². The number of ether oxygens (including phenoxy) is 1. The smallest absolute Gasteiger partial charge is 0.230 e. The van der Waals surface area contributed by atoms with Crippen LogP contribution in [-0.2, 0) is 0 Å². The van der Waals surface area contributed by atoms with Crippen LogP contribution in [0.25, 0.3) is 21.9 Å². The van der Waals surface area contributed by atoms with Gasteiger partial charge < -0.3 is 19.3 Å². The van der Waals surface area contributed by atoms with Gasteiger partial charge in [0.15, 0.2) is 5.84 Å². The fourth-order valence-corrected chi connectivity index (χ4v) is 4.09. The van der Waals surface area contributed by atoms with E-state index in [1.54, 1.807) is 6.20 Å². The lowest BCUT2D eigenvalue weighted by Gasteiger charge is -2.24. The van der Waals surface area contributed by atoms with Gasteiger partial charge in [0.2, 0.25) is 5.88 Å². The molecule has 1 fully saturated rings. The largest absolute Gasteiger partial charge is 0.456 e. The van der Waals surface area contributed by atoms with Gasteiger partial charge in [0, 0.05) is 30.1 Å². The van der Waals surface area contributed by atoms with E-state index in [2.05, 4.69) is 15.0 Å². The van der Waals surface area contributed by atoms with Crippen LogP contribution >= 0.6 is 0 Å². The van der Waals surface area contributed by atoms with Crippen LogP contribution in [0.4, 0.5) is 0 Å². The summed E-state index contributed by atoms with van der Waals surface area (Å²) in [4.78, 5) is 6.54. The van der Waals surface area contributed by atoms with Gasteiger partial charge in [-0.25, -0.2) is 4.98 Å². The molecule has 0 amide bonds. The Kier molecular flexibility index (Phi) is 4.97. The molecule has 1 N–H and O–H groups in total. The van der Waals surface area contributed by atoms with Crippen molar-refractivity contribution in [1.82, 2.24) is 9.88 Å². The molecule has 5 rings (SSSR count). The summed E-state index contributed by atoms with van der Waals surface area (Å²) in [6.07, 6.45) is 6.25. The number of para-hydroxylation sites is 1. The number of amidine groups is 1. The van der Waals surface area contributed by atoms with Crippen LogP contribution in [0.15, 0.2) is 70.4 Å². The molecule has 0 aliphatic carbocycles. The van der Waals surface area contributed by atoms with Crippen LogP contribution < -0.4 is 4.74 Å². The average molecular weight is 401 g/mol. The third-order valence-electron chi connectivity index (χ3n) is 5.58. The van der Waals surface area contributed by atoms with Gasteiger partial charge in [-0.2, -0.15) is 0 Å². The summed E-state index contributed by atoms with van der Waals surface area (Å²) in [5.74, 6) is 1.58. The summed E-state index contributed by atoms with van der Waals surface area (Å²) in [5.41, 5.74) is 2.34. The zero-order valence-corrected chi connectivity index (χ0v) is 16.6. The highest BCUT2D eigenvalue weighted by Crippen LogP contribution is 2.33. The standard InChI is InChI=1S/C24H23N3O3/c28-26-23(27-14-5-1-2-6-15-27)19-9-7-13-25-24(19)29-17-11-12-22-20(16-17)18-8-3-4-10-21(18)30-22/h3-4,7-13,16,28H,1-2,5-6,14-15H2/b26-23-. The number of hydrogen-bond acceptors (Lipinski definition) is 5. The lowest BCUT2D eigenvalue weighted by atomic mass is 10.1. The summed E-state index contributed by atoms with van der Waals surface area (Å²) < 4.78 is 12.1. The van der Waals surface area contributed by atoms with Crippen LogP contribution in [-0.4, -0.2) is 34.0 Å². The predicted octanol–water partition coefficient (Wildman–Crippen LogP) is 5.79. The second-order valence-electron chi connectivity index (χ2n) is 7.54. The van der Waals surface area contributed by atoms with Crippen molar-refractivity contribution in [2.75, 3.05) is 13.1 Å². The van der Waals surface area contributed by atoms with Gasteiger partial charge in [-0.3, -0.25) is 0 Å². The minimum Gasteiger partial charge on any atom is -0.456 e. The molecule has 4 aromatic rings. The normalized spacial score (nSPS) is 15.5. The number of pyridine rings is 1. The predicted molar refractivity (Wildman–Crippen MR) is 116 cm³/mol. The highest BCUT2D eigenvalue weighted by atomic mass is 16.5. The van der Waals surface area contributed by atoms with Crippen molar-refractivity contribution in [2.24, 2.45) is 5.16 Å². The van der Waals surface area contributed by atoms with Gasteiger partial charge >= 0.3 is 0 Å². The number of hydrogen-bond donors (Lipinski definition) is 1. The van der Waals surface area contributed by atoms with E-state index in [1.165, 1.54) is 12.8 Å². The molecule has 2 aromatic heterocycles. The fraction of sp³-hybridized carbons (Fsp3) is 0.250. The Bertz CT molecular complexity index is 1210. The monoisotopic (exact) mass is 401 g/mol. The second kappa shape index (κ2) is 8.06. The van der Waals surface area contributed by atoms with Crippen molar-refractivity contribution >= 4 is 27.8 Å². The van der Waals surface area contributed by atoms with Gasteiger partial charge in [-0.15, -0.1) is 0 Å². The maximum atomic E-state index is 9.80. The fourth-order valence-electron chi connectivity index (χ4n) is 4.09. The Morgan fingerprint density at radius 3 is 2.57 bits per heavy atom. The first-order valence-corrected chi connectivity index (χ1v) is 10.3. The Balaban J connectivity index is 1.50. The molecule has 1 aliphatic heterocycles. The van der Waals surface area contributed by atoms with E-state index >= 15 is 0 Å². The Morgan fingerprint density at radius 2 is 1.73 bits per heavy atom. The molecule has 0 unspecified atom stereocenters. The molecule has 30 heavy (non-hydrogen) atoms. The molecule has 1 aliphatic rings. The van der Waals surface area contributed by atoms with Crippen molar-refractivity contribution in [1.29, 1.82) is 0 Å². The second-order valence-corrected chi connectivity index (χ2v) is 7.54. The molecule has 0 spiro atoms. The van der Waals surface area contributed by atoms with Crippen molar-refractivity contribution in [3.8, 4) is 11.6 Å². The molecule has 0 atom stereocenters. The lowest BCUT2D eigenvalue weighted by molar-refractivity contribution is 0.301. The molecule has 0 saturated carbocycles. The molecule has 1 saturated heterocycles. The summed E-state index contributed by atoms with van der Waals surface area (Å²) in [5, 5.41) is 15.4. The van der Waals surface area contributed by atoms with Crippen LogP contribution in [0.1, 0.15) is 31.2 Å². The SMILES string of the molecule is O/N=C(/c1cccnc1Oc1ccc2oc3ccccc3c2c1)N1CCCCCC1. The van der Waals surface area contributed by atoms with Gasteiger partial charge in [-0.1, -0.05) is 36.2 Å². The molecule has 152 valence electrons. The molecule has 0 bridgehead atoms. The van der Waals surface area contributed by atoms with E-state index in [-0.39, 0.29) is 0 Å². The summed E-state index contributed by atoms with van der Waals surface area (Å²) in [6, 6.07) is 17.4. The molecular weight excluding hydrogens is 378 g/mol. The molecule has 6 nitrogen and oxygen atoms in total. The van der Waals surface area contributed by atoms with E-state index in [9.17, 15) is 5.21 Å². The zero-order valence-electron chi connectivity index (χ0n) is 16.6. The number of benzene rings is 2. The van der Waals surface area contributed by atoms with Crippen LogP contribution in [0.2, 0.25) is 0 Å². The van der Waals surface area contributed by atoms with Crippen LogP contribution in [0.5, 0.6) is 11.6 Å². The van der Waals surface area contributed by atoms with Crippen molar-refractivity contribution in [3.63, 3.8) is 0 Å². The van der Waals surface area contributed by atoms with Gasteiger partial charge in [-0.05, 0) is 49.2 Å². The third-order valence-corrected chi connectivity index (χ3v) is 5.58. The van der Waals surface area contributed by atoms with Gasteiger partial charge in [0.25, 0.3) is 0 Å². The van der Waals surface area contributed by atoms with E-state index < -0.39 is 0 Å². The summed E-state index contributed by atoms with van der Waals surface area (Å²) in [6.45, 7) is 1.72. The van der Waals surface area contributed by atoms with Crippen LogP contribution in [0.3, 0.4) is 0 Å². The average Bonchev–Trinajstić information content (AvgIpc) is 2.94. The highest BCUT2D eigenvalue weighted by molar-refractivity contribution is 6.05. The molecule has 6 heteroatoms. The Labute approximate surface area is 174 Å². The molecule has 2 aromatic carbocycles. The number of furan rings is 1. The van der Waals surface area contributed by atoms with Gasteiger partial charge in [0.1, 0.15) is 16.9 Å². The van der Waals surface area contributed by atoms with E-state index in [4.69, 9.17) is 9.15 Å². The van der Waals surface area contributed by atoms with E-state index in [0.29, 0.717) is 23.0 Å². The first kappa shape index (κ1) is 18.5. The van der Waals surface area contributed by atoms with Gasteiger partial charge in [0.05, 0.1) is 5.56 Å². The Hall–Kier alpha value is -3.54. The number of fused-ring (bicyclic) bond motifs is 3.